The van der Waals surface area contributed by atoms with Gasteiger partial charge in [-0.2, -0.15) is 8.42 Å². The van der Waals surface area contributed by atoms with Gasteiger partial charge in [0.2, 0.25) is 0 Å². The molecule has 0 aliphatic heterocycles. The molecule has 0 heterocycles. The Morgan fingerprint density at radius 1 is 1.23 bits per heavy atom. The topological polar surface area (TPSA) is 104 Å². The zero-order valence-electron chi connectivity index (χ0n) is 12.9. The van der Waals surface area contributed by atoms with Crippen molar-refractivity contribution in [3.8, 4) is 0 Å². The van der Waals surface area contributed by atoms with Gasteiger partial charge in [-0.25, -0.2) is 0 Å². The predicted molar refractivity (Wildman–Crippen MR) is 79.5 cm³/mol. The number of nitrogens with zero attached hydrogens (tertiary/aromatic N) is 1. The van der Waals surface area contributed by atoms with E-state index >= 15 is 0 Å². The van der Waals surface area contributed by atoms with Crippen LogP contribution in [0.15, 0.2) is 29.2 Å². The van der Waals surface area contributed by atoms with Crippen LogP contribution in [0.5, 0.6) is 0 Å². The number of benzene rings is 1. The van der Waals surface area contributed by atoms with Crippen molar-refractivity contribution in [1.82, 2.24) is 0 Å². The molecule has 0 amide bonds. The molecule has 0 radical (unpaired) electrons. The van der Waals surface area contributed by atoms with Crippen LogP contribution < -0.4 is 0 Å². The Kier molecular flexibility index (Phi) is 6.48. The lowest BCUT2D eigenvalue weighted by atomic mass is 10.0. The summed E-state index contributed by atoms with van der Waals surface area (Å²) < 4.78 is 33.1. The molecule has 0 fully saturated rings. The van der Waals surface area contributed by atoms with Crippen molar-refractivity contribution < 1.29 is 27.3 Å². The highest BCUT2D eigenvalue weighted by molar-refractivity contribution is 7.86. The molecule has 1 rings (SSSR count). The first-order chi connectivity index (χ1) is 10.2. The number of hydroxylamine groups is 1. The summed E-state index contributed by atoms with van der Waals surface area (Å²) in [6.45, 7) is 5.13. The lowest BCUT2D eigenvalue weighted by molar-refractivity contribution is -0.145. The average Bonchev–Trinajstić information content (AvgIpc) is 2.47. The Bertz CT molecular complexity index is 596. The number of aryl methyl sites for hydroxylation is 1. The summed E-state index contributed by atoms with van der Waals surface area (Å²) in [5, 5.41) is 9.92. The number of carbonyl (C=O) groups is 1. The van der Waals surface area contributed by atoms with Crippen molar-refractivity contribution in [1.29, 1.82) is 0 Å². The van der Waals surface area contributed by atoms with Gasteiger partial charge in [-0.3, -0.25) is 4.79 Å². The minimum absolute atomic E-state index is 0.0931. The van der Waals surface area contributed by atoms with Gasteiger partial charge in [-0.15, -0.1) is 0 Å². The zero-order chi connectivity index (χ0) is 16.9. The second-order valence-electron chi connectivity index (χ2n) is 5.15. The monoisotopic (exact) mass is 330 g/mol. The third-order valence-corrected chi connectivity index (χ3v) is 4.15. The number of methoxy groups -OCH3 is 1. The van der Waals surface area contributed by atoms with E-state index in [-0.39, 0.29) is 10.8 Å². The van der Waals surface area contributed by atoms with Crippen LogP contribution in [-0.4, -0.2) is 38.7 Å². The second kappa shape index (κ2) is 7.68. The smallest absolute Gasteiger partial charge is 0.291 e. The number of carbonyl (C=O) groups excluding carboxylic acids is 1. The van der Waals surface area contributed by atoms with E-state index in [0.29, 0.717) is 0 Å². The number of ether oxygens (including phenoxy) is 1. The van der Waals surface area contributed by atoms with Gasteiger partial charge in [0.15, 0.2) is 0 Å². The maximum atomic E-state index is 12.0. The largest absolute Gasteiger partial charge is 0.502 e. The van der Waals surface area contributed by atoms with E-state index in [0.717, 1.165) is 12.7 Å². The summed E-state index contributed by atoms with van der Waals surface area (Å²) in [5.41, 5.74) is 4.26. The maximum Gasteiger partial charge on any atom is 0.291 e. The van der Waals surface area contributed by atoms with Gasteiger partial charge < -0.3 is 19.6 Å². The van der Waals surface area contributed by atoms with Gasteiger partial charge in [-0.05, 0) is 25.0 Å². The lowest BCUT2D eigenvalue weighted by Crippen LogP contribution is -2.38. The summed E-state index contributed by atoms with van der Waals surface area (Å²) in [6.07, 6.45) is -1.22. The van der Waals surface area contributed by atoms with Crippen molar-refractivity contribution in [2.75, 3.05) is 7.11 Å². The molecule has 7 nitrogen and oxygen atoms in total. The normalized spacial score (nSPS) is 14.6. The highest BCUT2D eigenvalue weighted by Gasteiger charge is 2.24. The van der Waals surface area contributed by atoms with Gasteiger partial charge in [0, 0.05) is 6.04 Å². The Balaban J connectivity index is 2.87. The molecule has 0 aromatic heterocycles. The van der Waals surface area contributed by atoms with Crippen LogP contribution in [0.1, 0.15) is 19.4 Å². The van der Waals surface area contributed by atoms with Crippen molar-refractivity contribution in [3.05, 3.63) is 35.3 Å². The minimum atomic E-state index is -4.16. The molecule has 0 spiro atoms. The standard InChI is InChI=1S/C14H20NO6S/c1-9(2)13(16)12(14(17)20-4)15-21-22(18,19)11-7-5-10(3)6-8-11/h5-9,12-13,16H,1-4H3/q-1/t12-,13-/m0/s1. The maximum absolute atomic E-state index is 12.0. The second-order valence-corrected chi connectivity index (χ2v) is 6.68. The highest BCUT2D eigenvalue weighted by atomic mass is 32.2. The predicted octanol–water partition coefficient (Wildman–Crippen LogP) is 1.55. The molecular weight excluding hydrogens is 310 g/mol. The molecular formula is C14H20NO6S-. The van der Waals surface area contributed by atoms with Gasteiger partial charge in [0.25, 0.3) is 16.1 Å². The van der Waals surface area contributed by atoms with Crippen molar-refractivity contribution in [2.24, 2.45) is 5.92 Å². The van der Waals surface area contributed by atoms with Crippen LogP contribution in [0, 0.1) is 12.8 Å². The van der Waals surface area contributed by atoms with Gasteiger partial charge >= 0.3 is 0 Å². The van der Waals surface area contributed by atoms with Crippen molar-refractivity contribution >= 4 is 16.1 Å². The zero-order valence-corrected chi connectivity index (χ0v) is 13.7. The quantitative estimate of drug-likeness (QED) is 0.601. The van der Waals surface area contributed by atoms with Crippen LogP contribution in [0.3, 0.4) is 0 Å². The molecule has 0 unspecified atom stereocenters. The number of rotatable bonds is 7. The molecule has 124 valence electrons. The van der Waals surface area contributed by atoms with E-state index in [1.807, 2.05) is 6.92 Å². The summed E-state index contributed by atoms with van der Waals surface area (Å²) in [4.78, 5) is 11.5. The van der Waals surface area contributed by atoms with Crippen LogP contribution in [-0.2, 0) is 23.9 Å². The average molecular weight is 330 g/mol. The summed E-state index contributed by atoms with van der Waals surface area (Å²) in [7, 11) is -3.04. The number of aliphatic hydroxyl groups excluding tert-OH is 1. The van der Waals surface area contributed by atoms with E-state index in [1.54, 1.807) is 26.0 Å². The molecule has 8 heteroatoms. The molecule has 0 bridgehead atoms. The third kappa shape index (κ3) is 4.77. The summed E-state index contributed by atoms with van der Waals surface area (Å²) >= 11 is 0. The Morgan fingerprint density at radius 2 is 1.77 bits per heavy atom. The Morgan fingerprint density at radius 3 is 2.23 bits per heavy atom. The van der Waals surface area contributed by atoms with E-state index in [1.165, 1.54) is 12.1 Å². The van der Waals surface area contributed by atoms with Crippen molar-refractivity contribution in [3.63, 3.8) is 0 Å². The molecule has 0 aliphatic carbocycles. The van der Waals surface area contributed by atoms with Gasteiger partial charge in [0.05, 0.1) is 18.1 Å². The fraction of sp³-hybridized carbons (Fsp3) is 0.500. The summed E-state index contributed by atoms with van der Waals surface area (Å²) in [6, 6.07) is 4.51. The number of esters is 1. The molecule has 0 aliphatic rings. The van der Waals surface area contributed by atoms with Crippen LogP contribution in [0.2, 0.25) is 0 Å². The number of hydrogen-bond acceptors (Lipinski definition) is 6. The van der Waals surface area contributed by atoms with E-state index in [2.05, 4.69) is 14.5 Å². The van der Waals surface area contributed by atoms with Crippen molar-refractivity contribution in [2.45, 2.75) is 37.8 Å². The first-order valence-electron chi connectivity index (χ1n) is 6.65. The van der Waals surface area contributed by atoms with E-state index < -0.39 is 28.2 Å². The molecule has 1 aromatic carbocycles. The Labute approximate surface area is 130 Å². The summed E-state index contributed by atoms with van der Waals surface area (Å²) in [5.74, 6) is -1.21. The molecule has 2 atom stereocenters. The van der Waals surface area contributed by atoms with E-state index in [9.17, 15) is 18.3 Å². The SMILES string of the molecule is COC(=O)[C@@H]([N-]OS(=O)(=O)c1ccc(C)cc1)[C@@H](O)C(C)C. The van der Waals surface area contributed by atoms with Crippen LogP contribution in [0.25, 0.3) is 5.48 Å². The number of aliphatic hydroxyl groups is 1. The fourth-order valence-electron chi connectivity index (χ4n) is 1.58. The van der Waals surface area contributed by atoms with Crippen LogP contribution >= 0.6 is 0 Å². The molecule has 0 saturated heterocycles. The van der Waals surface area contributed by atoms with E-state index in [4.69, 9.17) is 0 Å². The third-order valence-electron chi connectivity index (χ3n) is 3.01. The van der Waals surface area contributed by atoms with Gasteiger partial charge in [0.1, 0.15) is 0 Å². The first-order valence-corrected chi connectivity index (χ1v) is 8.06. The fourth-order valence-corrected chi connectivity index (χ4v) is 2.34. The molecule has 1 N–H and O–H groups in total. The first kappa shape index (κ1) is 18.6. The molecule has 0 saturated carbocycles. The lowest BCUT2D eigenvalue weighted by Gasteiger charge is -2.34. The molecule has 1 aromatic rings. The highest BCUT2D eigenvalue weighted by Crippen LogP contribution is 2.21. The molecule has 22 heavy (non-hydrogen) atoms. The minimum Gasteiger partial charge on any atom is -0.502 e. The van der Waals surface area contributed by atoms with Gasteiger partial charge in [-0.1, -0.05) is 31.5 Å². The number of hydrogen-bond donors (Lipinski definition) is 1. The van der Waals surface area contributed by atoms with Crippen LogP contribution in [0.4, 0.5) is 0 Å². The Hall–Kier alpha value is -1.48.